The second kappa shape index (κ2) is 21.2. The Labute approximate surface area is 257 Å². The fraction of sp³-hybridized carbons (Fsp3) is 0.240. The summed E-state index contributed by atoms with van der Waals surface area (Å²) in [6.45, 7) is 15.4. The molecule has 34 heavy (non-hydrogen) atoms. The van der Waals surface area contributed by atoms with Crippen LogP contribution in [0.5, 0.6) is 0 Å². The zero-order valence-electron chi connectivity index (χ0n) is 19.3. The Morgan fingerprint density at radius 3 is 1.94 bits per heavy atom. The third-order valence-electron chi connectivity index (χ3n) is 4.78. The van der Waals surface area contributed by atoms with Crippen LogP contribution < -0.4 is 11.3 Å². The number of allylic oxidation sites excluding steroid dienone is 1. The SMILES string of the molecule is Cl.NNc1ccc(Br)cc1.[CH2-]CC(=COC)C[CH2-].[CH2-]CC1(C[CH2-])C=Nc2ccc(Br)cc21.[W+2].[W+2]. The molecule has 0 saturated heterocycles. The molecular weight excluding hydrogens is 921 g/mol. The molecule has 0 aliphatic carbocycles. The quantitative estimate of drug-likeness (QED) is 0.134. The second-order valence-electron chi connectivity index (χ2n) is 6.74. The largest absolute Gasteiger partial charge is 2.00 e. The molecule has 1 heterocycles. The molecule has 4 nitrogen and oxygen atoms in total. The zero-order valence-corrected chi connectivity index (χ0v) is 29.1. The normalized spacial score (nSPS) is 11.4. The van der Waals surface area contributed by atoms with Crippen molar-refractivity contribution in [3.05, 3.63) is 96.5 Å². The molecule has 3 N–H and O–H groups in total. The number of hydrogen-bond donors (Lipinski definition) is 2. The Hall–Kier alpha value is 0.0366. The maximum Gasteiger partial charge on any atom is 2.00 e. The summed E-state index contributed by atoms with van der Waals surface area (Å²) in [6, 6.07) is 13.8. The number of methoxy groups -OCH3 is 1. The van der Waals surface area contributed by atoms with E-state index in [1.165, 1.54) is 5.56 Å². The van der Waals surface area contributed by atoms with Gasteiger partial charge < -0.3 is 37.9 Å². The Kier molecular flexibility index (Phi) is 24.0. The molecule has 3 rings (SSSR count). The van der Waals surface area contributed by atoms with Gasteiger partial charge in [0.05, 0.1) is 19.1 Å². The van der Waals surface area contributed by atoms with Gasteiger partial charge in [-0.05, 0) is 53.4 Å². The molecule has 0 radical (unpaired) electrons. The molecule has 0 bridgehead atoms. The van der Waals surface area contributed by atoms with Crippen molar-refractivity contribution in [3.63, 3.8) is 0 Å². The zero-order chi connectivity index (χ0) is 23.3. The number of hydrogen-bond acceptors (Lipinski definition) is 4. The average Bonchev–Trinajstić information content (AvgIpc) is 3.17. The number of nitrogens with two attached hydrogens (primary N) is 1. The molecule has 2 aromatic carbocycles. The van der Waals surface area contributed by atoms with Crippen LogP contribution in [0.1, 0.15) is 31.2 Å². The van der Waals surface area contributed by atoms with Gasteiger partial charge in [-0.25, -0.2) is 0 Å². The van der Waals surface area contributed by atoms with E-state index >= 15 is 0 Å². The predicted octanol–water partition coefficient (Wildman–Crippen LogP) is 7.97. The summed E-state index contributed by atoms with van der Waals surface area (Å²) in [4.78, 5) is 4.41. The predicted molar refractivity (Wildman–Crippen MR) is 148 cm³/mol. The van der Waals surface area contributed by atoms with Gasteiger partial charge in [0.2, 0.25) is 0 Å². The molecule has 1 aliphatic rings. The Balaban J connectivity index is -0.000000428. The number of ether oxygens (including phenoxy) is 1. The number of fused-ring (bicyclic) bond motifs is 1. The number of halogens is 3. The van der Waals surface area contributed by atoms with Gasteiger partial charge in [0.1, 0.15) is 0 Å². The first-order chi connectivity index (χ1) is 14.9. The Morgan fingerprint density at radius 1 is 1.00 bits per heavy atom. The molecule has 9 heteroatoms. The number of benzene rings is 2. The van der Waals surface area contributed by atoms with Gasteiger partial charge in [0, 0.05) is 20.8 Å². The van der Waals surface area contributed by atoms with Gasteiger partial charge in [-0.15, -0.1) is 12.4 Å². The molecule has 0 saturated carbocycles. The minimum atomic E-state index is -0.0425. The number of nitrogens with zero attached hydrogens (tertiary/aromatic N) is 1. The van der Waals surface area contributed by atoms with Crippen molar-refractivity contribution in [2.75, 3.05) is 12.5 Å². The van der Waals surface area contributed by atoms with Gasteiger partial charge in [0.15, 0.2) is 0 Å². The van der Waals surface area contributed by atoms with E-state index in [9.17, 15) is 0 Å². The summed E-state index contributed by atoms with van der Waals surface area (Å²) in [7, 11) is 1.63. The summed E-state index contributed by atoms with van der Waals surface area (Å²) in [5, 5.41) is 0. The molecule has 0 amide bonds. The Morgan fingerprint density at radius 2 is 1.53 bits per heavy atom. The number of nitrogen functional groups attached to an aromatic ring is 1. The van der Waals surface area contributed by atoms with Gasteiger partial charge in [0.25, 0.3) is 0 Å². The van der Waals surface area contributed by atoms with Crippen LogP contribution in [0.4, 0.5) is 11.4 Å². The smallest absolute Gasteiger partial charge is 0.505 e. The monoisotopic (exact) mass is 951 g/mol. The van der Waals surface area contributed by atoms with Gasteiger partial charge in [-0.1, -0.05) is 37.4 Å². The van der Waals surface area contributed by atoms with Crippen LogP contribution in [0.15, 0.2) is 68.2 Å². The number of anilines is 1. The van der Waals surface area contributed by atoms with E-state index in [4.69, 9.17) is 10.6 Å². The maximum atomic E-state index is 5.13. The van der Waals surface area contributed by atoms with E-state index in [0.717, 1.165) is 51.6 Å². The van der Waals surface area contributed by atoms with E-state index in [2.05, 4.69) is 76.0 Å². The van der Waals surface area contributed by atoms with E-state index in [0.29, 0.717) is 0 Å². The van der Waals surface area contributed by atoms with Crippen molar-refractivity contribution < 1.29 is 46.9 Å². The third kappa shape index (κ3) is 12.3. The fourth-order valence-corrected chi connectivity index (χ4v) is 3.39. The van der Waals surface area contributed by atoms with Gasteiger partial charge >= 0.3 is 42.1 Å². The van der Waals surface area contributed by atoms with Crippen LogP contribution in [0.3, 0.4) is 0 Å². The molecule has 2 aromatic rings. The summed E-state index contributed by atoms with van der Waals surface area (Å²) in [5.41, 5.74) is 6.85. The third-order valence-corrected chi connectivity index (χ3v) is 5.80. The second-order valence-corrected chi connectivity index (χ2v) is 8.57. The first-order valence-corrected chi connectivity index (χ1v) is 11.4. The molecule has 1 aliphatic heterocycles. The van der Waals surface area contributed by atoms with E-state index in [1.807, 2.05) is 42.6 Å². The van der Waals surface area contributed by atoms with Crippen molar-refractivity contribution in [3.8, 4) is 0 Å². The fourth-order valence-electron chi connectivity index (χ4n) is 2.76. The van der Waals surface area contributed by atoms with Crippen molar-refractivity contribution in [1.82, 2.24) is 0 Å². The molecule has 0 fully saturated rings. The summed E-state index contributed by atoms with van der Waals surface area (Å²) < 4.78 is 6.89. The van der Waals surface area contributed by atoms with Gasteiger partial charge in [-0.2, -0.15) is 25.7 Å². The number of nitrogens with one attached hydrogen (secondary N) is 1. The molecule has 0 unspecified atom stereocenters. The van der Waals surface area contributed by atoms with Crippen LogP contribution in [-0.4, -0.2) is 13.3 Å². The van der Waals surface area contributed by atoms with Crippen LogP contribution in [0.25, 0.3) is 0 Å². The molecule has 0 spiro atoms. The molecule has 0 aromatic heterocycles. The van der Waals surface area contributed by atoms with E-state index in [1.54, 1.807) is 13.4 Å². The van der Waals surface area contributed by atoms with E-state index in [-0.39, 0.29) is 60.0 Å². The van der Waals surface area contributed by atoms with E-state index < -0.39 is 0 Å². The van der Waals surface area contributed by atoms with Crippen molar-refractivity contribution in [2.45, 2.75) is 31.1 Å². The topological polar surface area (TPSA) is 59.6 Å². The van der Waals surface area contributed by atoms with Crippen molar-refractivity contribution >= 4 is 61.9 Å². The molecule has 0 atom stereocenters. The number of rotatable bonds is 6. The summed E-state index contributed by atoms with van der Waals surface area (Å²) >= 11 is 6.78. The Bertz CT molecular complexity index is 856. The van der Waals surface area contributed by atoms with Crippen LogP contribution in [-0.2, 0) is 52.3 Å². The first-order valence-electron chi connectivity index (χ1n) is 9.84. The first kappa shape index (κ1) is 38.6. The number of hydrazine groups is 1. The standard InChI is InChI=1S/C12H12BrN.C7H12O.C6H7BrN2.ClH.2W/c1-3-12(4-2)8-14-11-6-5-9(13)7-10(11)12;1-4-7(5-2)6-8-3;7-5-1-3-6(9-8)4-2-5;;;/h5-8H,1-4H2;6H,1-2,4-5H2,3H3;1-4,9H,8H2;1H;;/q2*-2;;;2*+2. The van der Waals surface area contributed by atoms with Crippen LogP contribution in [0.2, 0.25) is 0 Å². The van der Waals surface area contributed by atoms with Crippen LogP contribution in [0, 0.1) is 27.7 Å². The van der Waals surface area contributed by atoms with Crippen molar-refractivity contribution in [2.24, 2.45) is 10.8 Å². The maximum absolute atomic E-state index is 5.13. The average molecular weight is 953 g/mol. The molecular formula is C25H32Br2ClN3OW2. The minimum Gasteiger partial charge on any atom is -0.505 e. The molecule has 186 valence electrons. The van der Waals surface area contributed by atoms with Gasteiger partial charge in [-0.3, -0.25) is 10.8 Å². The summed E-state index contributed by atoms with van der Waals surface area (Å²) in [5.74, 6) is 5.13. The summed E-state index contributed by atoms with van der Waals surface area (Å²) in [6.07, 6.45) is 6.88. The van der Waals surface area contributed by atoms with Crippen molar-refractivity contribution in [1.29, 1.82) is 0 Å². The number of aliphatic imine (C=N–C) groups is 1. The van der Waals surface area contributed by atoms with Crippen LogP contribution >= 0.6 is 44.3 Å². The minimum absolute atomic E-state index is 0.